The minimum atomic E-state index is -0.588. The minimum absolute atomic E-state index is 0.0199. The van der Waals surface area contributed by atoms with Gasteiger partial charge in [-0.1, -0.05) is 42.5 Å². The number of halogens is 1. The Kier molecular flexibility index (Phi) is 8.89. The number of hydrogen-bond acceptors (Lipinski definition) is 7. The monoisotopic (exact) mass is 626 g/mol. The molecule has 0 fully saturated rings. The molecule has 3 unspecified atom stereocenters. The number of Topliss-reactive ketones (excluding diaryl/α,β-unsaturated/α-hetero) is 1. The molecule has 1 aliphatic heterocycles. The Hall–Kier alpha value is -4.22. The van der Waals surface area contributed by atoms with Gasteiger partial charge >= 0.3 is 5.97 Å². The quantitative estimate of drug-likeness (QED) is 0.243. The second-order valence-electron chi connectivity index (χ2n) is 10.4. The molecule has 0 bridgehead atoms. The molecule has 0 saturated heterocycles. The molecular formula is C34H31BrN2O5. The van der Waals surface area contributed by atoms with Crippen LogP contribution >= 0.6 is 15.9 Å². The molecule has 8 heteroatoms. The first-order valence-electron chi connectivity index (χ1n) is 13.9. The number of nitriles is 1. The van der Waals surface area contributed by atoms with Gasteiger partial charge in [0.2, 0.25) is 0 Å². The summed E-state index contributed by atoms with van der Waals surface area (Å²) in [7, 11) is 1.34. The first-order valence-corrected chi connectivity index (χ1v) is 14.7. The van der Waals surface area contributed by atoms with Crippen LogP contribution in [-0.2, 0) is 16.1 Å². The minimum Gasteiger partial charge on any atom is -0.490 e. The van der Waals surface area contributed by atoms with Crippen molar-refractivity contribution in [3.05, 3.63) is 105 Å². The summed E-state index contributed by atoms with van der Waals surface area (Å²) < 4.78 is 17.7. The zero-order valence-electron chi connectivity index (χ0n) is 23.7. The predicted molar refractivity (Wildman–Crippen MR) is 163 cm³/mol. The number of carbonyl (C=O) groups is 2. The van der Waals surface area contributed by atoms with E-state index in [-0.39, 0.29) is 18.3 Å². The third kappa shape index (κ3) is 5.88. The zero-order valence-corrected chi connectivity index (χ0v) is 25.3. The van der Waals surface area contributed by atoms with E-state index < -0.39 is 17.8 Å². The molecule has 214 valence electrons. The van der Waals surface area contributed by atoms with Gasteiger partial charge in [-0.25, -0.2) is 4.79 Å². The van der Waals surface area contributed by atoms with Crippen LogP contribution in [0.3, 0.4) is 0 Å². The van der Waals surface area contributed by atoms with Crippen LogP contribution in [0.25, 0.3) is 0 Å². The van der Waals surface area contributed by atoms with E-state index in [1.165, 1.54) is 7.11 Å². The molecule has 1 aliphatic carbocycles. The second-order valence-corrected chi connectivity index (χ2v) is 11.2. The molecule has 1 heterocycles. The predicted octanol–water partition coefficient (Wildman–Crippen LogP) is 7.31. The van der Waals surface area contributed by atoms with Gasteiger partial charge in [-0.3, -0.25) is 9.79 Å². The highest BCUT2D eigenvalue weighted by molar-refractivity contribution is 9.10. The van der Waals surface area contributed by atoms with Crippen LogP contribution < -0.4 is 9.47 Å². The van der Waals surface area contributed by atoms with E-state index in [4.69, 9.17) is 19.2 Å². The average molecular weight is 628 g/mol. The molecular weight excluding hydrogens is 596 g/mol. The molecule has 0 aromatic heterocycles. The summed E-state index contributed by atoms with van der Waals surface area (Å²) in [5.74, 6) is -0.429. The summed E-state index contributed by atoms with van der Waals surface area (Å²) in [6.07, 6.45) is 1.01. The number of rotatable bonds is 8. The normalized spacial score (nSPS) is 19.8. The molecule has 0 radical (unpaired) electrons. The Morgan fingerprint density at radius 3 is 2.55 bits per heavy atom. The molecule has 2 aliphatic rings. The van der Waals surface area contributed by atoms with Gasteiger partial charge in [-0.05, 0) is 83.1 Å². The zero-order chi connectivity index (χ0) is 29.8. The van der Waals surface area contributed by atoms with Crippen LogP contribution in [0.5, 0.6) is 11.5 Å². The van der Waals surface area contributed by atoms with Gasteiger partial charge in [-0.2, -0.15) is 5.26 Å². The Morgan fingerprint density at radius 2 is 1.83 bits per heavy atom. The van der Waals surface area contributed by atoms with Crippen molar-refractivity contribution < 1.29 is 23.8 Å². The van der Waals surface area contributed by atoms with Gasteiger partial charge in [0.05, 0.1) is 35.7 Å². The first kappa shape index (κ1) is 29.3. The highest BCUT2D eigenvalue weighted by atomic mass is 79.9. The maximum atomic E-state index is 13.7. The summed E-state index contributed by atoms with van der Waals surface area (Å²) in [6, 6.07) is 23.3. The maximum Gasteiger partial charge on any atom is 0.337 e. The van der Waals surface area contributed by atoms with Crippen LogP contribution in [0, 0.1) is 17.2 Å². The lowest BCUT2D eigenvalue weighted by Gasteiger charge is -2.35. The number of methoxy groups -OCH3 is 1. The Balaban J connectivity index is 1.50. The largest absolute Gasteiger partial charge is 0.490 e. The molecule has 5 rings (SSSR count). The molecule has 3 atom stereocenters. The fourth-order valence-corrected chi connectivity index (χ4v) is 6.35. The molecule has 0 amide bonds. The van der Waals surface area contributed by atoms with E-state index in [0.29, 0.717) is 52.3 Å². The Morgan fingerprint density at radius 1 is 1.05 bits per heavy atom. The summed E-state index contributed by atoms with van der Waals surface area (Å²) in [5.41, 5.74) is 5.19. The van der Waals surface area contributed by atoms with Gasteiger partial charge in [0.15, 0.2) is 17.3 Å². The number of aliphatic imine (C=N–C) groups is 1. The number of esters is 1. The third-order valence-electron chi connectivity index (χ3n) is 7.72. The van der Waals surface area contributed by atoms with Crippen LogP contribution in [0.4, 0.5) is 0 Å². The third-order valence-corrected chi connectivity index (χ3v) is 8.31. The second kappa shape index (κ2) is 12.7. The van der Waals surface area contributed by atoms with Gasteiger partial charge < -0.3 is 14.2 Å². The number of carbonyl (C=O) groups excluding carboxylic acids is 2. The number of ketones is 1. The summed E-state index contributed by atoms with van der Waals surface area (Å²) >= 11 is 3.66. The molecule has 0 spiro atoms. The standard InChI is InChI=1S/C34H31BrN2O5/c1-4-41-30-17-25(14-27(35)33(30)42-19-21-9-8-12-23(13-21)34(39)40-3)31-26(18-36)20(2)37-28-15-24(16-29(38)32(28)31)22-10-6-5-7-11-22/h5-14,17,24,26,31H,4,15-16,19H2,1-3H3. The number of hydrogen-bond donors (Lipinski definition) is 0. The Bertz CT molecular complexity index is 1620. The van der Waals surface area contributed by atoms with E-state index in [1.54, 1.807) is 18.2 Å². The lowest BCUT2D eigenvalue weighted by molar-refractivity contribution is -0.116. The number of benzene rings is 3. The van der Waals surface area contributed by atoms with E-state index >= 15 is 0 Å². The number of ether oxygens (including phenoxy) is 3. The lowest BCUT2D eigenvalue weighted by atomic mass is 9.69. The van der Waals surface area contributed by atoms with Gasteiger partial charge in [0, 0.05) is 29.3 Å². The molecule has 42 heavy (non-hydrogen) atoms. The Labute approximate surface area is 254 Å². The summed E-state index contributed by atoms with van der Waals surface area (Å²) in [4.78, 5) is 30.5. The topological polar surface area (TPSA) is 98.0 Å². The fraction of sp³-hybridized carbons (Fsp3) is 0.294. The number of nitrogens with zero attached hydrogens (tertiary/aromatic N) is 2. The van der Waals surface area contributed by atoms with Gasteiger partial charge in [0.1, 0.15) is 6.61 Å². The highest BCUT2D eigenvalue weighted by Gasteiger charge is 2.42. The van der Waals surface area contributed by atoms with E-state index in [2.05, 4.69) is 22.0 Å². The molecule has 0 N–H and O–H groups in total. The van der Waals surface area contributed by atoms with Crippen molar-refractivity contribution in [2.75, 3.05) is 13.7 Å². The smallest absolute Gasteiger partial charge is 0.337 e. The van der Waals surface area contributed by atoms with Crippen LogP contribution in [0.1, 0.15) is 65.6 Å². The van der Waals surface area contributed by atoms with Crippen molar-refractivity contribution in [2.45, 2.75) is 45.1 Å². The van der Waals surface area contributed by atoms with Crippen molar-refractivity contribution in [1.82, 2.24) is 0 Å². The fourth-order valence-electron chi connectivity index (χ4n) is 5.78. The average Bonchev–Trinajstić information content (AvgIpc) is 3.00. The van der Waals surface area contributed by atoms with Crippen molar-refractivity contribution in [2.24, 2.45) is 10.9 Å². The molecule has 7 nitrogen and oxygen atoms in total. The molecule has 3 aromatic carbocycles. The van der Waals surface area contributed by atoms with Crippen molar-refractivity contribution in [3.63, 3.8) is 0 Å². The summed E-state index contributed by atoms with van der Waals surface area (Å²) in [6.45, 7) is 4.32. The summed E-state index contributed by atoms with van der Waals surface area (Å²) in [5, 5.41) is 10.2. The van der Waals surface area contributed by atoms with E-state index in [1.807, 2.05) is 62.4 Å². The van der Waals surface area contributed by atoms with Gasteiger partial charge in [-0.15, -0.1) is 0 Å². The maximum absolute atomic E-state index is 13.7. The SMILES string of the molecule is CCOc1cc(C2C3=C(CC(c4ccccc4)CC3=O)N=C(C)C2C#N)cc(Br)c1OCc1cccc(C(=O)OC)c1. The van der Waals surface area contributed by atoms with Gasteiger partial charge in [0.25, 0.3) is 0 Å². The van der Waals surface area contributed by atoms with Crippen LogP contribution in [-0.4, -0.2) is 31.2 Å². The van der Waals surface area contributed by atoms with Crippen LogP contribution in [0.2, 0.25) is 0 Å². The number of allylic oxidation sites excluding steroid dienone is 2. The highest BCUT2D eigenvalue weighted by Crippen LogP contribution is 2.49. The first-order chi connectivity index (χ1) is 20.3. The van der Waals surface area contributed by atoms with E-state index in [0.717, 1.165) is 22.4 Å². The molecule has 0 saturated carbocycles. The molecule has 3 aromatic rings. The van der Waals surface area contributed by atoms with Crippen molar-refractivity contribution in [3.8, 4) is 17.6 Å². The van der Waals surface area contributed by atoms with Crippen molar-refractivity contribution >= 4 is 33.4 Å². The van der Waals surface area contributed by atoms with Crippen LogP contribution in [0.15, 0.2) is 87.5 Å². The van der Waals surface area contributed by atoms with Crippen molar-refractivity contribution in [1.29, 1.82) is 5.26 Å². The lowest BCUT2D eigenvalue weighted by Crippen LogP contribution is -2.32. The van der Waals surface area contributed by atoms with E-state index in [9.17, 15) is 14.9 Å².